The number of ether oxygens (including phenoxy) is 1. The molecule has 25 heavy (non-hydrogen) atoms. The number of halogens is 1. The Kier molecular flexibility index (Phi) is 5.09. The van der Waals surface area contributed by atoms with Crippen LogP contribution >= 0.6 is 0 Å². The SMILES string of the molecule is COc1ccccc1-c1cc(C(=O)NCCc2ccc(F)cc2)[nH]n1. The summed E-state index contributed by atoms with van der Waals surface area (Å²) in [5, 5.41) is 9.75. The minimum atomic E-state index is -0.269. The molecule has 6 heteroatoms. The molecule has 0 fully saturated rings. The molecule has 0 aliphatic heterocycles. The van der Waals surface area contributed by atoms with Gasteiger partial charge in [-0.15, -0.1) is 0 Å². The van der Waals surface area contributed by atoms with E-state index in [9.17, 15) is 9.18 Å². The van der Waals surface area contributed by atoms with Crippen LogP contribution in [0.15, 0.2) is 54.6 Å². The first-order chi connectivity index (χ1) is 12.2. The summed E-state index contributed by atoms with van der Waals surface area (Å²) in [4.78, 5) is 12.2. The lowest BCUT2D eigenvalue weighted by atomic mass is 10.1. The van der Waals surface area contributed by atoms with Gasteiger partial charge in [0.2, 0.25) is 0 Å². The van der Waals surface area contributed by atoms with E-state index in [0.29, 0.717) is 30.1 Å². The first kappa shape index (κ1) is 16.7. The van der Waals surface area contributed by atoms with Gasteiger partial charge in [-0.05, 0) is 42.3 Å². The summed E-state index contributed by atoms with van der Waals surface area (Å²) in [5.41, 5.74) is 2.79. The van der Waals surface area contributed by atoms with Crippen LogP contribution in [0.5, 0.6) is 5.75 Å². The molecule has 0 aliphatic rings. The highest BCUT2D eigenvalue weighted by Crippen LogP contribution is 2.28. The third-order valence-electron chi connectivity index (χ3n) is 3.82. The van der Waals surface area contributed by atoms with Crippen LogP contribution in [-0.2, 0) is 6.42 Å². The average Bonchev–Trinajstić information content (AvgIpc) is 3.13. The Morgan fingerprint density at radius 3 is 2.72 bits per heavy atom. The smallest absolute Gasteiger partial charge is 0.269 e. The number of rotatable bonds is 6. The molecule has 3 aromatic rings. The van der Waals surface area contributed by atoms with Crippen molar-refractivity contribution < 1.29 is 13.9 Å². The summed E-state index contributed by atoms with van der Waals surface area (Å²) in [6.07, 6.45) is 0.625. The number of carbonyl (C=O) groups excluding carboxylic acids is 1. The number of carbonyl (C=O) groups is 1. The fraction of sp³-hybridized carbons (Fsp3) is 0.158. The van der Waals surface area contributed by atoms with Crippen molar-refractivity contribution in [2.24, 2.45) is 0 Å². The minimum Gasteiger partial charge on any atom is -0.496 e. The highest BCUT2D eigenvalue weighted by atomic mass is 19.1. The molecule has 0 radical (unpaired) electrons. The topological polar surface area (TPSA) is 67.0 Å². The van der Waals surface area contributed by atoms with Crippen molar-refractivity contribution in [3.63, 3.8) is 0 Å². The number of hydrogen-bond acceptors (Lipinski definition) is 3. The maximum atomic E-state index is 12.9. The lowest BCUT2D eigenvalue weighted by Gasteiger charge is -2.04. The van der Waals surface area contributed by atoms with Gasteiger partial charge < -0.3 is 10.1 Å². The number of H-pyrrole nitrogens is 1. The standard InChI is InChI=1S/C19H18FN3O2/c1-25-18-5-3-2-4-15(18)16-12-17(23-22-16)19(24)21-11-10-13-6-8-14(20)9-7-13/h2-9,12H,10-11H2,1H3,(H,21,24)(H,22,23). The fourth-order valence-electron chi connectivity index (χ4n) is 2.50. The predicted molar refractivity (Wildman–Crippen MR) is 93.0 cm³/mol. The van der Waals surface area contributed by atoms with Crippen LogP contribution in [0.2, 0.25) is 0 Å². The van der Waals surface area contributed by atoms with Crippen LogP contribution in [0.1, 0.15) is 16.1 Å². The molecule has 1 amide bonds. The number of hydrogen-bond donors (Lipinski definition) is 2. The number of aromatic nitrogens is 2. The quantitative estimate of drug-likeness (QED) is 0.725. The van der Waals surface area contributed by atoms with E-state index in [-0.39, 0.29) is 11.7 Å². The second kappa shape index (κ2) is 7.61. The molecular weight excluding hydrogens is 321 g/mol. The Morgan fingerprint density at radius 2 is 1.96 bits per heavy atom. The summed E-state index contributed by atoms with van der Waals surface area (Å²) in [7, 11) is 1.59. The second-order valence-electron chi connectivity index (χ2n) is 5.50. The Bertz CT molecular complexity index is 859. The zero-order valence-electron chi connectivity index (χ0n) is 13.8. The van der Waals surface area contributed by atoms with Crippen LogP contribution < -0.4 is 10.1 Å². The van der Waals surface area contributed by atoms with Gasteiger partial charge in [-0.1, -0.05) is 24.3 Å². The molecule has 0 spiro atoms. The Hall–Kier alpha value is -3.15. The molecule has 5 nitrogen and oxygen atoms in total. The van der Waals surface area contributed by atoms with E-state index in [1.54, 1.807) is 25.3 Å². The maximum Gasteiger partial charge on any atom is 0.269 e. The molecule has 0 atom stereocenters. The van der Waals surface area contributed by atoms with E-state index in [4.69, 9.17) is 4.74 Å². The molecule has 0 unspecified atom stereocenters. The van der Waals surface area contributed by atoms with Gasteiger partial charge in [-0.2, -0.15) is 5.10 Å². The largest absolute Gasteiger partial charge is 0.496 e. The first-order valence-electron chi connectivity index (χ1n) is 7.89. The lowest BCUT2D eigenvalue weighted by Crippen LogP contribution is -2.26. The van der Waals surface area contributed by atoms with Crippen LogP contribution in [0.3, 0.4) is 0 Å². The Balaban J connectivity index is 1.61. The molecule has 128 valence electrons. The van der Waals surface area contributed by atoms with Crippen LogP contribution in [0.25, 0.3) is 11.3 Å². The van der Waals surface area contributed by atoms with Crippen molar-refractivity contribution in [3.05, 3.63) is 71.7 Å². The van der Waals surface area contributed by atoms with E-state index in [1.165, 1.54) is 12.1 Å². The Labute approximate surface area is 144 Å². The van der Waals surface area contributed by atoms with Crippen LogP contribution in [0.4, 0.5) is 4.39 Å². The van der Waals surface area contributed by atoms with Crippen LogP contribution in [-0.4, -0.2) is 29.8 Å². The zero-order valence-corrected chi connectivity index (χ0v) is 13.8. The summed E-state index contributed by atoms with van der Waals surface area (Å²) in [6.45, 7) is 0.452. The van der Waals surface area contributed by atoms with E-state index in [2.05, 4.69) is 15.5 Å². The van der Waals surface area contributed by atoms with Crippen molar-refractivity contribution >= 4 is 5.91 Å². The Morgan fingerprint density at radius 1 is 1.20 bits per heavy atom. The van der Waals surface area contributed by atoms with Crippen molar-refractivity contribution in [2.75, 3.05) is 13.7 Å². The van der Waals surface area contributed by atoms with Crippen molar-refractivity contribution in [1.29, 1.82) is 0 Å². The van der Waals surface area contributed by atoms with E-state index in [0.717, 1.165) is 11.1 Å². The van der Waals surface area contributed by atoms with Gasteiger partial charge in [-0.3, -0.25) is 9.89 Å². The number of nitrogens with zero attached hydrogens (tertiary/aromatic N) is 1. The maximum absolute atomic E-state index is 12.9. The number of nitrogens with one attached hydrogen (secondary N) is 2. The summed E-state index contributed by atoms with van der Waals surface area (Å²) in [5.74, 6) is 0.183. The number of benzene rings is 2. The molecular formula is C19H18FN3O2. The lowest BCUT2D eigenvalue weighted by molar-refractivity contribution is 0.0949. The molecule has 3 rings (SSSR count). The highest BCUT2D eigenvalue weighted by molar-refractivity contribution is 5.93. The number of para-hydroxylation sites is 1. The molecule has 1 aromatic heterocycles. The van der Waals surface area contributed by atoms with Crippen LogP contribution in [0, 0.1) is 5.82 Å². The van der Waals surface area contributed by atoms with Crippen molar-refractivity contribution in [1.82, 2.24) is 15.5 Å². The first-order valence-corrected chi connectivity index (χ1v) is 7.89. The van der Waals surface area contributed by atoms with E-state index in [1.807, 2.05) is 24.3 Å². The van der Waals surface area contributed by atoms with Crippen molar-refractivity contribution in [3.8, 4) is 17.0 Å². The van der Waals surface area contributed by atoms with Gasteiger partial charge in [0.05, 0.1) is 12.8 Å². The molecule has 0 saturated carbocycles. The summed E-state index contributed by atoms with van der Waals surface area (Å²) >= 11 is 0. The number of amides is 1. The third-order valence-corrected chi connectivity index (χ3v) is 3.82. The van der Waals surface area contributed by atoms with Gasteiger partial charge in [0.15, 0.2) is 0 Å². The monoisotopic (exact) mass is 339 g/mol. The molecule has 2 aromatic carbocycles. The van der Waals surface area contributed by atoms with Gasteiger partial charge in [-0.25, -0.2) is 4.39 Å². The van der Waals surface area contributed by atoms with Gasteiger partial charge in [0.1, 0.15) is 17.3 Å². The zero-order chi connectivity index (χ0) is 17.6. The third kappa shape index (κ3) is 4.03. The second-order valence-corrected chi connectivity index (χ2v) is 5.50. The molecule has 0 aliphatic carbocycles. The van der Waals surface area contributed by atoms with Gasteiger partial charge in [0, 0.05) is 12.1 Å². The fourth-order valence-corrected chi connectivity index (χ4v) is 2.50. The molecule has 0 saturated heterocycles. The van der Waals surface area contributed by atoms with Gasteiger partial charge >= 0.3 is 0 Å². The van der Waals surface area contributed by atoms with Crippen molar-refractivity contribution in [2.45, 2.75) is 6.42 Å². The molecule has 2 N–H and O–H groups in total. The molecule has 0 bridgehead atoms. The number of methoxy groups -OCH3 is 1. The average molecular weight is 339 g/mol. The highest BCUT2D eigenvalue weighted by Gasteiger charge is 2.13. The minimum absolute atomic E-state index is 0.240. The normalized spacial score (nSPS) is 10.5. The molecule has 1 heterocycles. The summed E-state index contributed by atoms with van der Waals surface area (Å²) < 4.78 is 18.2. The predicted octanol–water partition coefficient (Wildman–Crippen LogP) is 3.20. The van der Waals surface area contributed by atoms with E-state index >= 15 is 0 Å². The summed E-state index contributed by atoms with van der Waals surface area (Å²) in [6, 6.07) is 15.4. The van der Waals surface area contributed by atoms with Gasteiger partial charge in [0.25, 0.3) is 5.91 Å². The van der Waals surface area contributed by atoms with E-state index < -0.39 is 0 Å². The number of aromatic amines is 1.